The van der Waals surface area contributed by atoms with E-state index in [2.05, 4.69) is 0 Å². The Bertz CT molecular complexity index is 1170. The first-order chi connectivity index (χ1) is 17.6. The lowest BCUT2D eigenvalue weighted by Crippen LogP contribution is -2.65. The van der Waals surface area contributed by atoms with Crippen molar-refractivity contribution in [2.45, 2.75) is 37.0 Å². The normalized spacial score (nSPS) is 25.4. The van der Waals surface area contributed by atoms with Gasteiger partial charge >= 0.3 is 11.9 Å². The molecule has 0 amide bonds. The third-order valence-corrected chi connectivity index (χ3v) is 7.22. The Balaban J connectivity index is 1.67. The fraction of sp³-hybridized carbons (Fsp3) is 0.310. The minimum Gasteiger partial charge on any atom is -0.468 e. The fourth-order valence-corrected chi connectivity index (χ4v) is 5.52. The minimum atomic E-state index is -1.68. The summed E-state index contributed by atoms with van der Waals surface area (Å²) >= 11 is 0. The number of fused-ring (bicyclic) bond motifs is 1. The maximum absolute atomic E-state index is 13.6. The van der Waals surface area contributed by atoms with Gasteiger partial charge in [-0.3, -0.25) is 19.3 Å². The zero-order valence-corrected chi connectivity index (χ0v) is 20.3. The molecule has 0 unspecified atom stereocenters. The van der Waals surface area contributed by atoms with Crippen LogP contribution in [0, 0.1) is 5.41 Å². The van der Waals surface area contributed by atoms with Crippen molar-refractivity contribution in [2.24, 2.45) is 5.41 Å². The second-order valence-electron chi connectivity index (χ2n) is 9.15. The Morgan fingerprint density at radius 1 is 0.722 bits per heavy atom. The third-order valence-electron chi connectivity index (χ3n) is 7.22. The Morgan fingerprint density at radius 3 is 1.67 bits per heavy atom. The number of hydrogen-bond acceptors (Lipinski definition) is 7. The van der Waals surface area contributed by atoms with E-state index >= 15 is 0 Å². The predicted octanol–water partition coefficient (Wildman–Crippen LogP) is 4.93. The van der Waals surface area contributed by atoms with Gasteiger partial charge in [0.15, 0.2) is 5.41 Å². The average Bonchev–Trinajstić information content (AvgIpc) is 2.96. The third kappa shape index (κ3) is 4.19. The summed E-state index contributed by atoms with van der Waals surface area (Å²) in [7, 11) is 2.58. The summed E-state index contributed by atoms with van der Waals surface area (Å²) in [4.78, 5) is 40.0. The summed E-state index contributed by atoms with van der Waals surface area (Å²) in [6.45, 7) is 0. The molecule has 2 heterocycles. The van der Waals surface area contributed by atoms with Crippen LogP contribution in [-0.2, 0) is 28.7 Å². The number of benzene rings is 3. The Kier molecular flexibility index (Phi) is 6.87. The van der Waals surface area contributed by atoms with Gasteiger partial charge in [-0.1, -0.05) is 96.2 Å². The lowest BCUT2D eigenvalue weighted by molar-refractivity contribution is -0.468. The van der Waals surface area contributed by atoms with Crippen LogP contribution in [0.5, 0.6) is 0 Å². The Morgan fingerprint density at radius 2 is 1.17 bits per heavy atom. The molecule has 0 aliphatic carbocycles. The number of hydroxylamine groups is 2. The number of nitrogens with zero attached hydrogens (tertiary/aromatic N) is 1. The average molecular weight is 488 g/mol. The van der Waals surface area contributed by atoms with Crippen molar-refractivity contribution < 1.29 is 28.7 Å². The van der Waals surface area contributed by atoms with Gasteiger partial charge in [-0.2, -0.15) is 0 Å². The zero-order chi connectivity index (χ0) is 25.1. The van der Waals surface area contributed by atoms with Crippen molar-refractivity contribution in [2.75, 3.05) is 14.2 Å². The Labute approximate surface area is 210 Å². The van der Waals surface area contributed by atoms with E-state index in [4.69, 9.17) is 19.1 Å². The van der Waals surface area contributed by atoms with Gasteiger partial charge in [-0.15, -0.1) is 0 Å². The molecular formula is C29H29NO6. The van der Waals surface area contributed by atoms with Crippen molar-refractivity contribution in [3.8, 4) is 0 Å². The summed E-state index contributed by atoms with van der Waals surface area (Å²) in [5.41, 5.74) is 1.08. The second-order valence-corrected chi connectivity index (χ2v) is 9.15. The van der Waals surface area contributed by atoms with Crippen molar-refractivity contribution in [3.05, 3.63) is 108 Å². The van der Waals surface area contributed by atoms with E-state index in [1.165, 1.54) is 19.4 Å². The monoisotopic (exact) mass is 487 g/mol. The van der Waals surface area contributed by atoms with Gasteiger partial charge in [0.05, 0.1) is 20.3 Å². The van der Waals surface area contributed by atoms with Crippen molar-refractivity contribution in [1.29, 1.82) is 0 Å². The molecule has 2 saturated heterocycles. The van der Waals surface area contributed by atoms with Crippen molar-refractivity contribution >= 4 is 11.9 Å². The topological polar surface area (TPSA) is 74.3 Å². The van der Waals surface area contributed by atoms with Crippen LogP contribution < -0.4 is 0 Å². The highest BCUT2D eigenvalue weighted by molar-refractivity contribution is 6.01. The molecule has 36 heavy (non-hydrogen) atoms. The SMILES string of the molecule is COC(=O)C1(C(=O)OC)C[C@H](c2ccccc2)ON2O[C@@H](c3ccccc3)C[C@@H](c3ccccc3)[C@@H]21. The van der Waals surface area contributed by atoms with E-state index in [0.717, 1.165) is 16.7 Å². The van der Waals surface area contributed by atoms with E-state index in [-0.39, 0.29) is 18.4 Å². The molecular weight excluding hydrogens is 458 g/mol. The first-order valence-corrected chi connectivity index (χ1v) is 12.0. The number of hydrogen-bond donors (Lipinski definition) is 0. The van der Waals surface area contributed by atoms with Gasteiger partial charge in [0, 0.05) is 12.3 Å². The molecule has 0 bridgehead atoms. The van der Waals surface area contributed by atoms with Crippen LogP contribution in [-0.4, -0.2) is 37.4 Å². The standard InChI is InChI=1S/C29H29NO6/c1-33-27(31)29(28(32)34-2)19-25(22-16-10-5-11-17-22)36-30-26(29)23(20-12-6-3-7-13-20)18-24(35-30)21-14-8-4-9-15-21/h3-17,23-26H,18-19H2,1-2H3/t23-,24+,25+,26+/m0/s1. The Hall–Kier alpha value is -3.52. The quantitative estimate of drug-likeness (QED) is 0.373. The van der Waals surface area contributed by atoms with Crippen LogP contribution >= 0.6 is 0 Å². The lowest BCUT2D eigenvalue weighted by atomic mass is 9.66. The molecule has 0 N–H and O–H groups in total. The minimum absolute atomic E-state index is 0.0558. The molecule has 0 radical (unpaired) electrons. The predicted molar refractivity (Wildman–Crippen MR) is 131 cm³/mol. The van der Waals surface area contributed by atoms with Gasteiger partial charge < -0.3 is 9.47 Å². The smallest absolute Gasteiger partial charge is 0.325 e. The lowest BCUT2D eigenvalue weighted by Gasteiger charge is -2.53. The van der Waals surface area contributed by atoms with Crippen LogP contribution in [0.25, 0.3) is 0 Å². The van der Waals surface area contributed by atoms with Crippen LogP contribution in [0.1, 0.15) is 47.7 Å². The molecule has 7 heteroatoms. The molecule has 2 aliphatic heterocycles. The largest absolute Gasteiger partial charge is 0.468 e. The first-order valence-electron chi connectivity index (χ1n) is 12.0. The van der Waals surface area contributed by atoms with E-state index in [1.54, 1.807) is 0 Å². The van der Waals surface area contributed by atoms with Crippen LogP contribution in [0.4, 0.5) is 0 Å². The molecule has 0 spiro atoms. The molecule has 3 aromatic carbocycles. The van der Waals surface area contributed by atoms with E-state index in [9.17, 15) is 9.59 Å². The summed E-state index contributed by atoms with van der Waals surface area (Å²) < 4.78 is 10.5. The molecule has 5 rings (SSSR count). The summed E-state index contributed by atoms with van der Waals surface area (Å²) in [6, 6.07) is 28.4. The van der Waals surface area contributed by atoms with Crippen LogP contribution in [0.2, 0.25) is 0 Å². The highest BCUT2D eigenvalue weighted by Gasteiger charge is 2.66. The maximum Gasteiger partial charge on any atom is 0.325 e. The number of methoxy groups -OCH3 is 2. The van der Waals surface area contributed by atoms with Gasteiger partial charge in [0.2, 0.25) is 0 Å². The molecule has 3 aromatic rings. The number of esters is 2. The van der Waals surface area contributed by atoms with Gasteiger partial charge in [-0.05, 0) is 23.1 Å². The molecule has 0 saturated carbocycles. The molecule has 186 valence electrons. The van der Waals surface area contributed by atoms with E-state index in [0.29, 0.717) is 6.42 Å². The summed E-state index contributed by atoms with van der Waals surface area (Å²) in [5.74, 6) is -1.63. The number of rotatable bonds is 5. The van der Waals surface area contributed by atoms with Crippen LogP contribution in [0.15, 0.2) is 91.0 Å². The number of carbonyl (C=O) groups excluding carboxylic acids is 2. The van der Waals surface area contributed by atoms with Crippen molar-refractivity contribution in [3.63, 3.8) is 0 Å². The molecule has 2 aliphatic rings. The number of carbonyl (C=O) groups is 2. The molecule has 4 atom stereocenters. The highest BCUT2D eigenvalue weighted by atomic mass is 17.0. The second kappa shape index (κ2) is 10.2. The molecule has 7 nitrogen and oxygen atoms in total. The van der Waals surface area contributed by atoms with E-state index < -0.39 is 29.5 Å². The fourth-order valence-electron chi connectivity index (χ4n) is 5.52. The molecule has 0 aromatic heterocycles. The van der Waals surface area contributed by atoms with Gasteiger partial charge in [0.1, 0.15) is 12.2 Å². The summed E-state index contributed by atoms with van der Waals surface area (Å²) in [6.07, 6.45) is -0.397. The zero-order valence-electron chi connectivity index (χ0n) is 20.3. The van der Waals surface area contributed by atoms with Crippen molar-refractivity contribution in [1.82, 2.24) is 5.23 Å². The summed E-state index contributed by atoms with van der Waals surface area (Å²) in [5, 5.41) is 1.37. The van der Waals surface area contributed by atoms with E-state index in [1.807, 2.05) is 91.0 Å². The highest BCUT2D eigenvalue weighted by Crippen LogP contribution is 2.55. The maximum atomic E-state index is 13.6. The number of ether oxygens (including phenoxy) is 2. The molecule has 2 fully saturated rings. The van der Waals surface area contributed by atoms with Gasteiger partial charge in [0.25, 0.3) is 0 Å². The van der Waals surface area contributed by atoms with Gasteiger partial charge in [-0.25, -0.2) is 0 Å². The van der Waals surface area contributed by atoms with Crippen LogP contribution in [0.3, 0.4) is 0 Å². The first kappa shape index (κ1) is 24.2.